The fraction of sp³-hybridized carbons (Fsp3) is 0.267. The summed E-state index contributed by atoms with van der Waals surface area (Å²) in [6.45, 7) is 2.15. The number of fused-ring (bicyclic) bond motifs is 1. The maximum atomic E-state index is 13.6. The van der Waals surface area contributed by atoms with Crippen LogP contribution in [0.15, 0.2) is 77.8 Å². The molecule has 0 aromatic heterocycles. The molecule has 2 heterocycles. The number of hydrogen-bond donors (Lipinski definition) is 2. The van der Waals surface area contributed by atoms with E-state index in [1.54, 1.807) is 29.2 Å². The number of benzene rings is 3. The molecule has 3 aromatic carbocycles. The van der Waals surface area contributed by atoms with Gasteiger partial charge in [-0.15, -0.1) is 0 Å². The predicted octanol–water partition coefficient (Wildman–Crippen LogP) is 5.07. The molecule has 0 spiro atoms. The number of carboxylic acids is 1. The quantitative estimate of drug-likeness (QED) is 0.426. The van der Waals surface area contributed by atoms with Gasteiger partial charge in [-0.05, 0) is 47.0 Å². The van der Waals surface area contributed by atoms with Crippen LogP contribution in [0.3, 0.4) is 0 Å². The van der Waals surface area contributed by atoms with E-state index in [1.165, 1.54) is 5.56 Å². The topological polar surface area (TPSA) is 102 Å². The Hall–Kier alpha value is -4.38. The molecule has 3 aromatic rings. The molecule has 0 aliphatic carbocycles. The first-order valence-corrected chi connectivity index (χ1v) is 13.4. The van der Waals surface area contributed by atoms with Crippen LogP contribution in [-0.2, 0) is 29.0 Å². The van der Waals surface area contributed by atoms with Gasteiger partial charge in [0.2, 0.25) is 5.91 Å². The molecule has 0 bridgehead atoms. The molecule has 42 heavy (non-hydrogen) atoms. The molecule has 0 saturated carbocycles. The second kappa shape index (κ2) is 13.1. The summed E-state index contributed by atoms with van der Waals surface area (Å²) < 4.78 is 31.7. The highest BCUT2D eigenvalue weighted by Crippen LogP contribution is 2.27. The van der Waals surface area contributed by atoms with Crippen LogP contribution >= 0.6 is 11.6 Å². The van der Waals surface area contributed by atoms with E-state index >= 15 is 0 Å². The van der Waals surface area contributed by atoms with Crippen LogP contribution in [0.1, 0.15) is 27.0 Å². The maximum absolute atomic E-state index is 13.6. The Morgan fingerprint density at radius 1 is 1.02 bits per heavy atom. The highest BCUT2D eigenvalue weighted by Gasteiger charge is 2.38. The van der Waals surface area contributed by atoms with Gasteiger partial charge in [0.1, 0.15) is 11.9 Å². The number of rotatable bonds is 5. The number of amides is 2. The number of alkyl halides is 3. The van der Waals surface area contributed by atoms with Gasteiger partial charge in [-0.1, -0.05) is 54.1 Å². The van der Waals surface area contributed by atoms with Crippen LogP contribution in [0.25, 0.3) is 0 Å². The number of carbonyl (C=O) groups excluding carboxylic acids is 2. The van der Waals surface area contributed by atoms with Crippen LogP contribution in [0, 0.1) is 0 Å². The van der Waals surface area contributed by atoms with Crippen molar-refractivity contribution in [1.29, 1.82) is 0 Å². The average molecular weight is 601 g/mol. The number of halogens is 4. The number of carbonyl (C=O) groups is 3. The van der Waals surface area contributed by atoms with Gasteiger partial charge in [0.25, 0.3) is 5.91 Å². The van der Waals surface area contributed by atoms with E-state index in [-0.39, 0.29) is 11.8 Å². The molecule has 1 unspecified atom stereocenters. The number of amidine groups is 1. The molecule has 2 amide bonds. The summed E-state index contributed by atoms with van der Waals surface area (Å²) in [5.74, 6) is -2.05. The third-order valence-corrected chi connectivity index (χ3v) is 7.13. The maximum Gasteiger partial charge on any atom is 0.490 e. The van der Waals surface area contributed by atoms with Crippen molar-refractivity contribution in [3.8, 4) is 0 Å². The number of anilines is 1. The molecule has 1 atom stereocenters. The first-order chi connectivity index (χ1) is 19.9. The van der Waals surface area contributed by atoms with Gasteiger partial charge in [-0.3, -0.25) is 14.6 Å². The van der Waals surface area contributed by atoms with Crippen LogP contribution in [0.4, 0.5) is 18.9 Å². The normalized spacial score (nSPS) is 16.5. The molecule has 0 radical (unpaired) electrons. The zero-order chi connectivity index (χ0) is 30.4. The smallest absolute Gasteiger partial charge is 0.475 e. The van der Waals surface area contributed by atoms with E-state index in [1.807, 2.05) is 36.4 Å². The van der Waals surface area contributed by atoms with Crippen molar-refractivity contribution in [3.63, 3.8) is 0 Å². The van der Waals surface area contributed by atoms with Gasteiger partial charge in [0.05, 0.1) is 6.54 Å². The predicted molar refractivity (Wildman–Crippen MR) is 153 cm³/mol. The van der Waals surface area contributed by atoms with Crippen molar-refractivity contribution >= 4 is 40.9 Å². The van der Waals surface area contributed by atoms with E-state index in [0.717, 1.165) is 42.2 Å². The monoisotopic (exact) mass is 600 g/mol. The lowest BCUT2D eigenvalue weighted by atomic mass is 10.0. The fourth-order valence-electron chi connectivity index (χ4n) is 4.57. The third-order valence-electron chi connectivity index (χ3n) is 6.87. The summed E-state index contributed by atoms with van der Waals surface area (Å²) in [6, 6.07) is 22.0. The molecule has 2 N–H and O–H groups in total. The molecule has 12 heteroatoms. The minimum absolute atomic E-state index is 0.191. The number of carboxylic acid groups (broad SMARTS) is 1. The SMILES string of the molecule is CN1CCN=C1Cc1ccc(CC2C(=O)Nc3ccccc3CN2C(=O)c2ccc(Cl)cc2)cc1.O=C(O)C(F)(F)F. The molecule has 8 nitrogen and oxygen atoms in total. The Balaban J connectivity index is 0.000000517. The fourth-order valence-corrected chi connectivity index (χ4v) is 4.70. The lowest BCUT2D eigenvalue weighted by molar-refractivity contribution is -0.192. The summed E-state index contributed by atoms with van der Waals surface area (Å²) in [7, 11) is 2.06. The van der Waals surface area contributed by atoms with Crippen LogP contribution in [0.5, 0.6) is 0 Å². The van der Waals surface area contributed by atoms with Gasteiger partial charge < -0.3 is 20.2 Å². The van der Waals surface area contributed by atoms with Crippen molar-refractivity contribution in [2.45, 2.75) is 31.6 Å². The zero-order valence-corrected chi connectivity index (χ0v) is 23.3. The molecular weight excluding hydrogens is 573 g/mol. The lowest BCUT2D eigenvalue weighted by Gasteiger charge is -2.29. The van der Waals surface area contributed by atoms with Crippen molar-refractivity contribution in [1.82, 2.24) is 9.80 Å². The molecular formula is C30H28ClF3N4O4. The van der Waals surface area contributed by atoms with E-state index in [0.29, 0.717) is 23.6 Å². The highest BCUT2D eigenvalue weighted by atomic mass is 35.5. The second-order valence-electron chi connectivity index (χ2n) is 9.82. The van der Waals surface area contributed by atoms with Crippen molar-refractivity contribution in [2.24, 2.45) is 4.99 Å². The molecule has 2 aliphatic rings. The molecule has 220 valence electrons. The number of likely N-dealkylation sites (N-methyl/N-ethyl adjacent to an activating group) is 1. The number of aliphatic imine (C=N–C) groups is 1. The third kappa shape index (κ3) is 7.67. The summed E-state index contributed by atoms with van der Waals surface area (Å²) in [5, 5.41) is 10.7. The van der Waals surface area contributed by atoms with Gasteiger partial charge in [0.15, 0.2) is 0 Å². The number of aliphatic carboxylic acids is 1. The Morgan fingerprint density at radius 3 is 2.24 bits per heavy atom. The summed E-state index contributed by atoms with van der Waals surface area (Å²) in [5.41, 5.74) is 4.32. The van der Waals surface area contributed by atoms with E-state index < -0.39 is 18.2 Å². The van der Waals surface area contributed by atoms with Crippen molar-refractivity contribution < 1.29 is 32.7 Å². The van der Waals surface area contributed by atoms with E-state index in [2.05, 4.69) is 34.4 Å². The average Bonchev–Trinajstić information content (AvgIpc) is 3.29. The number of nitrogens with one attached hydrogen (secondary N) is 1. The summed E-state index contributed by atoms with van der Waals surface area (Å²) in [4.78, 5) is 44.3. The van der Waals surface area contributed by atoms with Crippen LogP contribution in [-0.4, -0.2) is 70.9 Å². The standard InChI is InChI=1S/C28H27ClN4O2.C2HF3O2/c1-32-15-14-30-26(32)17-20-8-6-19(7-9-20)16-25-27(34)31-24-5-3-2-4-22(24)18-33(25)28(35)21-10-12-23(29)13-11-21;3-2(4,5)1(6)7/h2-13,25H,14-18H2,1H3,(H,31,34);(H,6,7). The molecule has 5 rings (SSSR count). The van der Waals surface area contributed by atoms with Gasteiger partial charge in [-0.2, -0.15) is 13.2 Å². The number of para-hydroxylation sites is 1. The highest BCUT2D eigenvalue weighted by molar-refractivity contribution is 6.30. The lowest BCUT2D eigenvalue weighted by Crippen LogP contribution is -2.46. The van der Waals surface area contributed by atoms with Gasteiger partial charge in [-0.25, -0.2) is 4.79 Å². The van der Waals surface area contributed by atoms with Crippen LogP contribution in [0.2, 0.25) is 5.02 Å². The second-order valence-corrected chi connectivity index (χ2v) is 10.3. The Labute approximate surface area is 245 Å². The first kappa shape index (κ1) is 30.6. The number of hydrogen-bond acceptors (Lipinski definition) is 5. The summed E-state index contributed by atoms with van der Waals surface area (Å²) in [6.07, 6.45) is -3.88. The molecule has 0 saturated heterocycles. The Bertz CT molecular complexity index is 1480. The minimum Gasteiger partial charge on any atom is -0.475 e. The summed E-state index contributed by atoms with van der Waals surface area (Å²) >= 11 is 6.03. The van der Waals surface area contributed by atoms with Crippen molar-refractivity contribution in [3.05, 3.63) is 100 Å². The van der Waals surface area contributed by atoms with Gasteiger partial charge in [0, 0.05) is 49.3 Å². The van der Waals surface area contributed by atoms with E-state index in [4.69, 9.17) is 21.5 Å². The molecule has 0 fully saturated rings. The zero-order valence-electron chi connectivity index (χ0n) is 22.6. The number of nitrogens with zero attached hydrogens (tertiary/aromatic N) is 3. The van der Waals surface area contributed by atoms with Gasteiger partial charge >= 0.3 is 12.1 Å². The first-order valence-electron chi connectivity index (χ1n) is 13.0. The molecule has 2 aliphatic heterocycles. The largest absolute Gasteiger partial charge is 0.490 e. The van der Waals surface area contributed by atoms with E-state index in [9.17, 15) is 22.8 Å². The Kier molecular flexibility index (Phi) is 9.52. The minimum atomic E-state index is -5.08. The van der Waals surface area contributed by atoms with Crippen LogP contribution < -0.4 is 5.32 Å². The Morgan fingerprint density at radius 2 is 1.64 bits per heavy atom. The van der Waals surface area contributed by atoms with Crippen molar-refractivity contribution in [2.75, 3.05) is 25.5 Å².